The SMILES string of the molecule is CC[C@@H](O)[C@H]1C(=O)CCC[C@@H]1c1ccccc1. The van der Waals surface area contributed by atoms with E-state index in [1.165, 1.54) is 5.56 Å². The lowest BCUT2D eigenvalue weighted by atomic mass is 9.71. The molecule has 92 valence electrons. The Hall–Kier alpha value is -1.15. The summed E-state index contributed by atoms with van der Waals surface area (Å²) in [5.41, 5.74) is 1.19. The van der Waals surface area contributed by atoms with Gasteiger partial charge in [-0.2, -0.15) is 0 Å². The van der Waals surface area contributed by atoms with Gasteiger partial charge < -0.3 is 5.11 Å². The Kier molecular flexibility index (Phi) is 3.95. The number of aliphatic hydroxyl groups excluding tert-OH is 1. The average molecular weight is 232 g/mol. The van der Waals surface area contributed by atoms with Crippen LogP contribution in [0, 0.1) is 5.92 Å². The summed E-state index contributed by atoms with van der Waals surface area (Å²) in [6.45, 7) is 1.94. The van der Waals surface area contributed by atoms with Crippen molar-refractivity contribution in [1.82, 2.24) is 0 Å². The van der Waals surface area contributed by atoms with Crippen LogP contribution in [0.3, 0.4) is 0 Å². The number of hydrogen-bond donors (Lipinski definition) is 1. The normalized spacial score (nSPS) is 26.8. The van der Waals surface area contributed by atoms with E-state index in [4.69, 9.17) is 0 Å². The van der Waals surface area contributed by atoms with Gasteiger partial charge in [0.25, 0.3) is 0 Å². The van der Waals surface area contributed by atoms with Gasteiger partial charge in [0.2, 0.25) is 0 Å². The third-order valence-corrected chi connectivity index (χ3v) is 3.80. The molecule has 2 rings (SSSR count). The van der Waals surface area contributed by atoms with E-state index in [0.29, 0.717) is 12.8 Å². The van der Waals surface area contributed by atoms with Crippen LogP contribution in [0.1, 0.15) is 44.1 Å². The monoisotopic (exact) mass is 232 g/mol. The third-order valence-electron chi connectivity index (χ3n) is 3.80. The molecule has 0 heterocycles. The van der Waals surface area contributed by atoms with Crippen LogP contribution in [-0.4, -0.2) is 17.0 Å². The first kappa shape index (κ1) is 12.3. The van der Waals surface area contributed by atoms with E-state index in [0.717, 1.165) is 12.8 Å². The van der Waals surface area contributed by atoms with Gasteiger partial charge in [0.15, 0.2) is 0 Å². The fourth-order valence-corrected chi connectivity index (χ4v) is 2.88. The molecule has 1 saturated carbocycles. The van der Waals surface area contributed by atoms with Crippen LogP contribution in [0.2, 0.25) is 0 Å². The van der Waals surface area contributed by atoms with Crippen LogP contribution in [-0.2, 0) is 4.79 Å². The van der Waals surface area contributed by atoms with Gasteiger partial charge in [0.05, 0.1) is 12.0 Å². The van der Waals surface area contributed by atoms with Gasteiger partial charge >= 0.3 is 0 Å². The maximum atomic E-state index is 12.0. The zero-order chi connectivity index (χ0) is 12.3. The Morgan fingerprint density at radius 1 is 1.35 bits per heavy atom. The van der Waals surface area contributed by atoms with Gasteiger partial charge in [0, 0.05) is 6.42 Å². The summed E-state index contributed by atoms with van der Waals surface area (Å²) < 4.78 is 0. The van der Waals surface area contributed by atoms with Gasteiger partial charge in [-0.15, -0.1) is 0 Å². The van der Waals surface area contributed by atoms with Crippen molar-refractivity contribution in [3.63, 3.8) is 0 Å². The Morgan fingerprint density at radius 2 is 2.06 bits per heavy atom. The molecule has 17 heavy (non-hydrogen) atoms. The number of rotatable bonds is 3. The minimum atomic E-state index is -0.493. The van der Waals surface area contributed by atoms with Gasteiger partial charge in [-0.05, 0) is 30.7 Å². The fourth-order valence-electron chi connectivity index (χ4n) is 2.88. The van der Waals surface area contributed by atoms with E-state index in [1.54, 1.807) is 0 Å². The molecule has 1 aromatic carbocycles. The van der Waals surface area contributed by atoms with Crippen molar-refractivity contribution < 1.29 is 9.90 Å². The van der Waals surface area contributed by atoms with Crippen LogP contribution >= 0.6 is 0 Å². The number of carbonyl (C=O) groups is 1. The highest BCUT2D eigenvalue weighted by Gasteiger charge is 2.36. The van der Waals surface area contributed by atoms with Crippen molar-refractivity contribution >= 4 is 5.78 Å². The van der Waals surface area contributed by atoms with Crippen molar-refractivity contribution in [1.29, 1.82) is 0 Å². The molecule has 0 saturated heterocycles. The van der Waals surface area contributed by atoms with Gasteiger partial charge in [0.1, 0.15) is 5.78 Å². The summed E-state index contributed by atoms with van der Waals surface area (Å²) in [6, 6.07) is 10.1. The highest BCUT2D eigenvalue weighted by atomic mass is 16.3. The first-order chi connectivity index (χ1) is 8.24. The molecule has 2 nitrogen and oxygen atoms in total. The number of hydrogen-bond acceptors (Lipinski definition) is 2. The molecule has 0 aromatic heterocycles. The van der Waals surface area contributed by atoms with E-state index >= 15 is 0 Å². The van der Waals surface area contributed by atoms with E-state index in [9.17, 15) is 9.90 Å². The first-order valence-corrected chi connectivity index (χ1v) is 6.49. The molecule has 1 aromatic rings. The second kappa shape index (κ2) is 5.46. The molecule has 1 N–H and O–H groups in total. The van der Waals surface area contributed by atoms with Crippen molar-refractivity contribution in [2.24, 2.45) is 5.92 Å². The predicted octanol–water partition coefficient (Wildman–Crippen LogP) is 2.91. The van der Waals surface area contributed by atoms with Crippen molar-refractivity contribution in [2.75, 3.05) is 0 Å². The first-order valence-electron chi connectivity index (χ1n) is 6.49. The third kappa shape index (κ3) is 2.58. The van der Waals surface area contributed by atoms with Crippen LogP contribution < -0.4 is 0 Å². The highest BCUT2D eigenvalue weighted by molar-refractivity contribution is 5.83. The molecule has 3 atom stereocenters. The zero-order valence-electron chi connectivity index (χ0n) is 10.3. The van der Waals surface area contributed by atoms with E-state index in [-0.39, 0.29) is 17.6 Å². The van der Waals surface area contributed by atoms with Crippen molar-refractivity contribution in [3.8, 4) is 0 Å². The van der Waals surface area contributed by atoms with Crippen LogP contribution in [0.25, 0.3) is 0 Å². The second-order valence-electron chi connectivity index (χ2n) is 4.88. The van der Waals surface area contributed by atoms with Gasteiger partial charge in [-0.25, -0.2) is 0 Å². The molecule has 0 radical (unpaired) electrons. The molecule has 1 fully saturated rings. The Morgan fingerprint density at radius 3 is 2.71 bits per heavy atom. The van der Waals surface area contributed by atoms with Crippen LogP contribution in [0.15, 0.2) is 30.3 Å². The summed E-state index contributed by atoms with van der Waals surface area (Å²) in [5.74, 6) is 0.239. The summed E-state index contributed by atoms with van der Waals surface area (Å²) in [4.78, 5) is 12.0. The molecule has 0 spiro atoms. The topological polar surface area (TPSA) is 37.3 Å². The fraction of sp³-hybridized carbons (Fsp3) is 0.533. The van der Waals surface area contributed by atoms with Gasteiger partial charge in [-0.1, -0.05) is 37.3 Å². The number of aliphatic hydroxyl groups is 1. The largest absolute Gasteiger partial charge is 0.392 e. The predicted molar refractivity (Wildman–Crippen MR) is 67.8 cm³/mol. The van der Waals surface area contributed by atoms with Crippen LogP contribution in [0.4, 0.5) is 0 Å². The van der Waals surface area contributed by atoms with Gasteiger partial charge in [-0.3, -0.25) is 4.79 Å². The zero-order valence-corrected chi connectivity index (χ0v) is 10.3. The molecule has 0 amide bonds. The molecule has 0 bridgehead atoms. The lowest BCUT2D eigenvalue weighted by Crippen LogP contribution is -2.36. The van der Waals surface area contributed by atoms with Crippen molar-refractivity contribution in [3.05, 3.63) is 35.9 Å². The lowest BCUT2D eigenvalue weighted by Gasteiger charge is -2.33. The summed E-state index contributed by atoms with van der Waals surface area (Å²) in [7, 11) is 0. The standard InChI is InChI=1S/C15H20O2/c1-2-13(16)15-12(9-6-10-14(15)17)11-7-4-3-5-8-11/h3-5,7-8,12-13,15-16H,2,6,9-10H2,1H3/t12-,13-,15+/m1/s1. The number of carbonyl (C=O) groups excluding carboxylic acids is 1. The number of Topliss-reactive ketones (excluding diaryl/α,β-unsaturated/α-hetero) is 1. The quantitative estimate of drug-likeness (QED) is 0.870. The molecule has 2 heteroatoms. The maximum absolute atomic E-state index is 12.0. The lowest BCUT2D eigenvalue weighted by molar-refractivity contribution is -0.129. The Labute approximate surface area is 103 Å². The maximum Gasteiger partial charge on any atom is 0.139 e. The Bertz CT molecular complexity index is 372. The highest BCUT2D eigenvalue weighted by Crippen LogP contribution is 2.38. The minimum Gasteiger partial charge on any atom is -0.392 e. The molecular formula is C15H20O2. The summed E-state index contributed by atoms with van der Waals surface area (Å²) >= 11 is 0. The van der Waals surface area contributed by atoms with E-state index < -0.39 is 6.10 Å². The molecule has 0 aliphatic heterocycles. The molecule has 1 aliphatic carbocycles. The van der Waals surface area contributed by atoms with Crippen LogP contribution in [0.5, 0.6) is 0 Å². The molecule has 1 aliphatic rings. The van der Waals surface area contributed by atoms with E-state index in [2.05, 4.69) is 12.1 Å². The second-order valence-corrected chi connectivity index (χ2v) is 4.88. The smallest absolute Gasteiger partial charge is 0.139 e. The van der Waals surface area contributed by atoms with E-state index in [1.807, 2.05) is 25.1 Å². The summed E-state index contributed by atoms with van der Waals surface area (Å²) in [5, 5.41) is 10.1. The minimum absolute atomic E-state index is 0.198. The molecular weight excluding hydrogens is 212 g/mol. The average Bonchev–Trinajstić information content (AvgIpc) is 2.38. The van der Waals surface area contributed by atoms with Crippen molar-refractivity contribution in [2.45, 2.75) is 44.6 Å². The molecule has 0 unspecified atom stereocenters. The number of benzene rings is 1. The summed E-state index contributed by atoms with van der Waals surface area (Å²) in [6.07, 6.45) is 2.75. The Balaban J connectivity index is 2.27. The number of ketones is 1.